The maximum absolute atomic E-state index is 9.51. The molecular weight excluding hydrogens is 218 g/mol. The van der Waals surface area contributed by atoms with Crippen LogP contribution in [0, 0.1) is 0 Å². The largest absolute Gasteiger partial charge is 0.372 e. The van der Waals surface area contributed by atoms with E-state index in [0.29, 0.717) is 12.5 Å². The minimum absolute atomic E-state index is 0.0766. The zero-order valence-corrected chi connectivity index (χ0v) is 9.63. The molecule has 0 amide bonds. The molecule has 15 heavy (non-hydrogen) atoms. The molecular formula is C8H14ClN5O. The van der Waals surface area contributed by atoms with Crippen molar-refractivity contribution in [1.29, 1.82) is 0 Å². The highest BCUT2D eigenvalue weighted by Gasteiger charge is 2.14. The Morgan fingerprint density at radius 2 is 1.87 bits per heavy atom. The van der Waals surface area contributed by atoms with Gasteiger partial charge in [0.25, 0.3) is 0 Å². The Bertz CT molecular complexity index is 338. The smallest absolute Gasteiger partial charge is 0.231 e. The van der Waals surface area contributed by atoms with Crippen molar-refractivity contribution >= 4 is 23.5 Å². The topological polar surface area (TPSA) is 83.0 Å². The molecule has 6 nitrogen and oxygen atoms in total. The molecule has 84 valence electrons. The molecule has 0 aliphatic carbocycles. The van der Waals surface area contributed by atoms with E-state index in [-0.39, 0.29) is 11.2 Å². The lowest BCUT2D eigenvalue weighted by Crippen LogP contribution is -2.31. The van der Waals surface area contributed by atoms with Crippen LogP contribution < -0.4 is 10.6 Å². The molecule has 0 fully saturated rings. The van der Waals surface area contributed by atoms with Crippen LogP contribution in [0.2, 0.25) is 5.28 Å². The average molecular weight is 232 g/mol. The second-order valence-electron chi connectivity index (χ2n) is 3.47. The standard InChI is InChI=1S/C8H14ClN5O/c1-4-10-6-11-5(9)12-7(13-6)14-8(2,3)15/h15H,4H2,1-3H3,(H2,10,11,12,13,14). The van der Waals surface area contributed by atoms with Crippen molar-refractivity contribution in [2.75, 3.05) is 17.2 Å². The van der Waals surface area contributed by atoms with Gasteiger partial charge in [0, 0.05) is 6.54 Å². The van der Waals surface area contributed by atoms with Crippen LogP contribution in [0.15, 0.2) is 0 Å². The van der Waals surface area contributed by atoms with Crippen molar-refractivity contribution < 1.29 is 5.11 Å². The van der Waals surface area contributed by atoms with Gasteiger partial charge < -0.3 is 15.7 Å². The minimum Gasteiger partial charge on any atom is -0.372 e. The first kappa shape index (κ1) is 11.9. The van der Waals surface area contributed by atoms with Crippen LogP contribution in [-0.2, 0) is 0 Å². The first-order valence-corrected chi connectivity index (χ1v) is 4.94. The molecule has 7 heteroatoms. The van der Waals surface area contributed by atoms with Gasteiger partial charge in [-0.25, -0.2) is 0 Å². The second kappa shape index (κ2) is 4.59. The fraction of sp³-hybridized carbons (Fsp3) is 0.625. The van der Waals surface area contributed by atoms with Crippen LogP contribution in [0.3, 0.4) is 0 Å². The summed E-state index contributed by atoms with van der Waals surface area (Å²) in [4.78, 5) is 11.7. The molecule has 0 saturated heterocycles. The van der Waals surface area contributed by atoms with E-state index in [1.54, 1.807) is 13.8 Å². The lowest BCUT2D eigenvalue weighted by atomic mass is 10.3. The van der Waals surface area contributed by atoms with E-state index in [4.69, 9.17) is 11.6 Å². The zero-order valence-electron chi connectivity index (χ0n) is 8.87. The van der Waals surface area contributed by atoms with Crippen LogP contribution in [0.25, 0.3) is 0 Å². The Labute approximate surface area is 93.1 Å². The van der Waals surface area contributed by atoms with Gasteiger partial charge in [-0.05, 0) is 32.4 Å². The maximum atomic E-state index is 9.51. The van der Waals surface area contributed by atoms with Gasteiger partial charge in [-0.2, -0.15) is 15.0 Å². The van der Waals surface area contributed by atoms with Crippen LogP contribution >= 0.6 is 11.6 Å². The van der Waals surface area contributed by atoms with E-state index in [2.05, 4.69) is 25.6 Å². The number of rotatable bonds is 4. The normalized spacial score (nSPS) is 11.3. The fourth-order valence-electron chi connectivity index (χ4n) is 0.917. The molecule has 3 N–H and O–H groups in total. The Morgan fingerprint density at radius 3 is 2.40 bits per heavy atom. The first-order chi connectivity index (χ1) is 6.90. The third-order valence-electron chi connectivity index (χ3n) is 1.36. The number of aliphatic hydroxyl groups is 1. The van der Waals surface area contributed by atoms with E-state index in [0.717, 1.165) is 0 Å². The van der Waals surface area contributed by atoms with Crippen molar-refractivity contribution in [3.63, 3.8) is 0 Å². The Hall–Kier alpha value is -1.14. The summed E-state index contributed by atoms with van der Waals surface area (Å²) in [7, 11) is 0. The van der Waals surface area contributed by atoms with E-state index in [1.807, 2.05) is 6.92 Å². The molecule has 0 aliphatic heterocycles. The van der Waals surface area contributed by atoms with Gasteiger partial charge in [0.05, 0.1) is 0 Å². The Morgan fingerprint density at radius 1 is 1.27 bits per heavy atom. The summed E-state index contributed by atoms with van der Waals surface area (Å²) in [5.41, 5.74) is -1.10. The first-order valence-electron chi connectivity index (χ1n) is 4.56. The van der Waals surface area contributed by atoms with Gasteiger partial charge in [-0.3, -0.25) is 0 Å². The highest BCUT2D eigenvalue weighted by atomic mass is 35.5. The molecule has 0 bridgehead atoms. The van der Waals surface area contributed by atoms with E-state index in [9.17, 15) is 5.11 Å². The van der Waals surface area contributed by atoms with E-state index >= 15 is 0 Å². The van der Waals surface area contributed by atoms with E-state index < -0.39 is 5.72 Å². The molecule has 0 aliphatic rings. The van der Waals surface area contributed by atoms with Crippen molar-refractivity contribution in [1.82, 2.24) is 15.0 Å². The number of aromatic nitrogens is 3. The highest BCUT2D eigenvalue weighted by Crippen LogP contribution is 2.12. The van der Waals surface area contributed by atoms with Gasteiger partial charge in [-0.15, -0.1) is 0 Å². The van der Waals surface area contributed by atoms with Gasteiger partial charge in [0.1, 0.15) is 5.72 Å². The number of anilines is 2. The number of nitrogens with one attached hydrogen (secondary N) is 2. The lowest BCUT2D eigenvalue weighted by molar-refractivity contribution is 0.110. The third kappa shape index (κ3) is 4.26. The summed E-state index contributed by atoms with van der Waals surface area (Å²) in [5.74, 6) is 0.614. The van der Waals surface area contributed by atoms with Gasteiger partial charge >= 0.3 is 0 Å². The minimum atomic E-state index is -1.10. The number of hydrogen-bond donors (Lipinski definition) is 3. The second-order valence-corrected chi connectivity index (χ2v) is 3.80. The van der Waals surface area contributed by atoms with E-state index in [1.165, 1.54) is 0 Å². The highest BCUT2D eigenvalue weighted by molar-refractivity contribution is 6.28. The summed E-state index contributed by atoms with van der Waals surface area (Å²) in [6.45, 7) is 5.76. The Kier molecular flexibility index (Phi) is 3.65. The Balaban J connectivity index is 2.88. The molecule has 0 atom stereocenters. The molecule has 0 spiro atoms. The lowest BCUT2D eigenvalue weighted by Gasteiger charge is -2.19. The summed E-state index contributed by atoms with van der Waals surface area (Å²) in [6, 6.07) is 0. The van der Waals surface area contributed by atoms with Gasteiger partial charge in [0.2, 0.25) is 17.2 Å². The summed E-state index contributed by atoms with van der Waals surface area (Å²) < 4.78 is 0. The van der Waals surface area contributed by atoms with Crippen LogP contribution in [0.1, 0.15) is 20.8 Å². The molecule has 0 radical (unpaired) electrons. The third-order valence-corrected chi connectivity index (χ3v) is 1.53. The summed E-state index contributed by atoms with van der Waals surface area (Å²) >= 11 is 5.69. The molecule has 1 aromatic rings. The average Bonchev–Trinajstić information content (AvgIpc) is 1.99. The van der Waals surface area contributed by atoms with Gasteiger partial charge in [-0.1, -0.05) is 0 Å². The summed E-state index contributed by atoms with van der Waals surface area (Å²) in [5, 5.41) is 15.2. The fourth-order valence-corrected chi connectivity index (χ4v) is 1.08. The van der Waals surface area contributed by atoms with Crippen LogP contribution in [0.4, 0.5) is 11.9 Å². The predicted octanol–water partition coefficient (Wildman–Crippen LogP) is 1.10. The van der Waals surface area contributed by atoms with Crippen LogP contribution in [-0.4, -0.2) is 32.3 Å². The monoisotopic (exact) mass is 231 g/mol. The van der Waals surface area contributed by atoms with Crippen molar-refractivity contribution in [3.05, 3.63) is 5.28 Å². The SMILES string of the molecule is CCNc1nc(Cl)nc(NC(C)(C)O)n1. The predicted molar refractivity (Wildman–Crippen MR) is 58.9 cm³/mol. The summed E-state index contributed by atoms with van der Waals surface area (Å²) in [6.07, 6.45) is 0. The number of halogens is 1. The molecule has 0 aromatic carbocycles. The number of hydrogen-bond acceptors (Lipinski definition) is 6. The number of nitrogens with zero attached hydrogens (tertiary/aromatic N) is 3. The van der Waals surface area contributed by atoms with Crippen molar-refractivity contribution in [2.45, 2.75) is 26.5 Å². The molecule has 0 unspecified atom stereocenters. The van der Waals surface area contributed by atoms with Crippen molar-refractivity contribution in [2.24, 2.45) is 0 Å². The van der Waals surface area contributed by atoms with Gasteiger partial charge in [0.15, 0.2) is 0 Å². The quantitative estimate of drug-likeness (QED) is 0.673. The molecule has 0 saturated carbocycles. The molecule has 1 rings (SSSR count). The maximum Gasteiger partial charge on any atom is 0.231 e. The molecule has 1 aromatic heterocycles. The van der Waals surface area contributed by atoms with Crippen molar-refractivity contribution in [3.8, 4) is 0 Å². The van der Waals surface area contributed by atoms with Crippen LogP contribution in [0.5, 0.6) is 0 Å². The molecule has 1 heterocycles. The zero-order chi connectivity index (χ0) is 11.5.